The zero-order valence-corrected chi connectivity index (χ0v) is 8.51. The van der Waals surface area contributed by atoms with E-state index in [1.807, 2.05) is 11.6 Å². The van der Waals surface area contributed by atoms with Crippen LogP contribution in [0.2, 0.25) is 0 Å². The zero-order valence-electron chi connectivity index (χ0n) is 5.99. The molecule has 4 heteroatoms. The van der Waals surface area contributed by atoms with Crippen molar-refractivity contribution in [2.45, 2.75) is 4.34 Å². The summed E-state index contributed by atoms with van der Waals surface area (Å²) in [6.07, 6.45) is 1.82. The number of hydrogen-bond donors (Lipinski definition) is 1. The summed E-state index contributed by atoms with van der Waals surface area (Å²) in [5, 5.41) is 1.98. The Labute approximate surface area is 80.3 Å². The molecule has 1 rings (SSSR count). The lowest BCUT2D eigenvalue weighted by molar-refractivity contribution is 1.25. The molecule has 0 fully saturated rings. The van der Waals surface area contributed by atoms with Gasteiger partial charge in [-0.3, -0.25) is 0 Å². The lowest BCUT2D eigenvalue weighted by Gasteiger charge is -1.97. The van der Waals surface area contributed by atoms with E-state index in [9.17, 15) is 0 Å². The number of aromatic nitrogens is 1. The lowest BCUT2D eigenvalue weighted by atomic mass is 10.4. The Morgan fingerprint density at radius 3 is 3.18 bits per heavy atom. The molecular formula is C7H9NS3. The average molecular weight is 203 g/mol. The smallest absolute Gasteiger partial charge is 0.150 e. The van der Waals surface area contributed by atoms with Gasteiger partial charge in [-0.05, 0) is 0 Å². The van der Waals surface area contributed by atoms with Gasteiger partial charge in [0, 0.05) is 23.1 Å². The lowest BCUT2D eigenvalue weighted by Crippen LogP contribution is -1.85. The molecule has 0 radical (unpaired) electrons. The quantitative estimate of drug-likeness (QED) is 0.459. The Balaban J connectivity index is 2.29. The maximum Gasteiger partial charge on any atom is 0.150 e. The molecule has 0 amide bonds. The van der Waals surface area contributed by atoms with E-state index < -0.39 is 0 Å². The predicted molar refractivity (Wildman–Crippen MR) is 55.8 cm³/mol. The molecule has 11 heavy (non-hydrogen) atoms. The zero-order chi connectivity index (χ0) is 8.10. The molecule has 0 aliphatic carbocycles. The van der Waals surface area contributed by atoms with Crippen LogP contribution in [-0.2, 0) is 0 Å². The van der Waals surface area contributed by atoms with Crippen molar-refractivity contribution in [3.05, 3.63) is 23.7 Å². The fourth-order valence-corrected chi connectivity index (χ4v) is 2.29. The normalized spacial score (nSPS) is 9.91. The Morgan fingerprint density at radius 2 is 2.64 bits per heavy atom. The number of thioether (sulfide) groups is 1. The summed E-state index contributed by atoms with van der Waals surface area (Å²) in [4.78, 5) is 4.14. The van der Waals surface area contributed by atoms with Gasteiger partial charge >= 0.3 is 0 Å². The van der Waals surface area contributed by atoms with Crippen LogP contribution >= 0.6 is 35.7 Å². The van der Waals surface area contributed by atoms with Crippen LogP contribution in [0.3, 0.4) is 0 Å². The number of rotatable bonds is 4. The monoisotopic (exact) mass is 203 g/mol. The molecular weight excluding hydrogens is 194 g/mol. The standard InChI is InChI=1S/C7H9NS3/c1-6(4-9)5-11-7-8-2-3-10-7/h2-3,9H,1,4-5H2. The summed E-state index contributed by atoms with van der Waals surface area (Å²) >= 11 is 7.50. The Bertz CT molecular complexity index is 218. The van der Waals surface area contributed by atoms with Gasteiger partial charge in [-0.2, -0.15) is 12.6 Å². The first-order chi connectivity index (χ1) is 5.33. The number of thiol groups is 1. The third-order valence-electron chi connectivity index (χ3n) is 1.03. The van der Waals surface area contributed by atoms with Crippen LogP contribution in [0.1, 0.15) is 0 Å². The third-order valence-corrected chi connectivity index (χ3v) is 3.59. The fourth-order valence-electron chi connectivity index (χ4n) is 0.491. The summed E-state index contributed by atoms with van der Waals surface area (Å²) in [5.41, 5.74) is 1.15. The molecule has 0 bridgehead atoms. The second-order valence-electron chi connectivity index (χ2n) is 1.99. The van der Waals surface area contributed by atoms with Crippen molar-refractivity contribution < 1.29 is 0 Å². The van der Waals surface area contributed by atoms with Crippen LogP contribution < -0.4 is 0 Å². The molecule has 1 heterocycles. The van der Waals surface area contributed by atoms with Crippen molar-refractivity contribution in [1.82, 2.24) is 4.98 Å². The van der Waals surface area contributed by atoms with Crippen LogP contribution in [0.5, 0.6) is 0 Å². The van der Waals surface area contributed by atoms with Gasteiger partial charge in [0.1, 0.15) is 4.34 Å². The van der Waals surface area contributed by atoms with Gasteiger partial charge in [0.15, 0.2) is 0 Å². The SMILES string of the molecule is C=C(CS)CSc1nccs1. The largest absolute Gasteiger partial charge is 0.238 e. The van der Waals surface area contributed by atoms with Crippen LogP contribution in [-0.4, -0.2) is 16.5 Å². The molecule has 0 spiro atoms. The van der Waals surface area contributed by atoms with Crippen molar-refractivity contribution in [3.8, 4) is 0 Å². The highest BCUT2D eigenvalue weighted by Gasteiger charge is 1.96. The maximum absolute atomic E-state index is 4.14. The molecule has 0 aliphatic rings. The molecule has 0 unspecified atom stereocenters. The van der Waals surface area contributed by atoms with Crippen LogP contribution in [0.4, 0.5) is 0 Å². The van der Waals surface area contributed by atoms with Crippen molar-refractivity contribution in [1.29, 1.82) is 0 Å². The first-order valence-corrected chi connectivity index (χ1v) is 5.62. The van der Waals surface area contributed by atoms with E-state index in [4.69, 9.17) is 0 Å². The van der Waals surface area contributed by atoms with Crippen molar-refractivity contribution in [2.75, 3.05) is 11.5 Å². The molecule has 0 aromatic carbocycles. The minimum absolute atomic E-state index is 0.762. The van der Waals surface area contributed by atoms with E-state index in [1.54, 1.807) is 23.1 Å². The van der Waals surface area contributed by atoms with E-state index in [1.165, 1.54) is 0 Å². The topological polar surface area (TPSA) is 12.9 Å². The van der Waals surface area contributed by atoms with Gasteiger partial charge in [0.05, 0.1) is 0 Å². The van der Waals surface area contributed by atoms with Crippen molar-refractivity contribution >= 4 is 35.7 Å². The second-order valence-corrected chi connectivity index (χ2v) is 4.43. The fraction of sp³-hybridized carbons (Fsp3) is 0.286. The van der Waals surface area contributed by atoms with E-state index in [0.29, 0.717) is 0 Å². The molecule has 0 saturated heterocycles. The molecule has 0 N–H and O–H groups in total. The highest BCUT2D eigenvalue weighted by molar-refractivity contribution is 8.01. The summed E-state index contributed by atoms with van der Waals surface area (Å²) < 4.78 is 1.10. The second kappa shape index (κ2) is 4.85. The molecule has 1 nitrogen and oxygen atoms in total. The Hall–Kier alpha value is 0.0700. The number of nitrogens with zero attached hydrogens (tertiary/aromatic N) is 1. The highest BCUT2D eigenvalue weighted by Crippen LogP contribution is 2.21. The summed E-state index contributed by atoms with van der Waals surface area (Å²) in [7, 11) is 0. The first-order valence-electron chi connectivity index (χ1n) is 3.12. The minimum Gasteiger partial charge on any atom is -0.238 e. The molecule has 0 aliphatic heterocycles. The van der Waals surface area contributed by atoms with Gasteiger partial charge in [0.25, 0.3) is 0 Å². The first kappa shape index (κ1) is 9.16. The van der Waals surface area contributed by atoms with Gasteiger partial charge in [0.2, 0.25) is 0 Å². The molecule has 1 aromatic rings. The minimum atomic E-state index is 0.762. The summed E-state index contributed by atoms with van der Waals surface area (Å²) in [6, 6.07) is 0. The third kappa shape index (κ3) is 3.31. The molecule has 0 saturated carbocycles. The van der Waals surface area contributed by atoms with Crippen LogP contribution in [0.15, 0.2) is 28.1 Å². The van der Waals surface area contributed by atoms with E-state index in [2.05, 4.69) is 24.2 Å². The molecule has 60 valence electrons. The highest BCUT2D eigenvalue weighted by atomic mass is 32.2. The van der Waals surface area contributed by atoms with Gasteiger partial charge < -0.3 is 0 Å². The van der Waals surface area contributed by atoms with Gasteiger partial charge in [-0.15, -0.1) is 11.3 Å². The van der Waals surface area contributed by atoms with Crippen molar-refractivity contribution in [2.24, 2.45) is 0 Å². The van der Waals surface area contributed by atoms with E-state index in [0.717, 1.165) is 21.4 Å². The average Bonchev–Trinajstić information content (AvgIpc) is 2.52. The predicted octanol–water partition coefficient (Wildman–Crippen LogP) is 2.72. The Kier molecular flexibility index (Phi) is 4.04. The van der Waals surface area contributed by atoms with E-state index in [-0.39, 0.29) is 0 Å². The summed E-state index contributed by atoms with van der Waals surface area (Å²) in [6.45, 7) is 3.85. The summed E-state index contributed by atoms with van der Waals surface area (Å²) in [5.74, 6) is 1.69. The van der Waals surface area contributed by atoms with Crippen LogP contribution in [0, 0.1) is 0 Å². The van der Waals surface area contributed by atoms with Crippen molar-refractivity contribution in [3.63, 3.8) is 0 Å². The molecule has 1 aromatic heterocycles. The molecule has 0 atom stereocenters. The van der Waals surface area contributed by atoms with Gasteiger partial charge in [-0.1, -0.05) is 23.9 Å². The van der Waals surface area contributed by atoms with E-state index >= 15 is 0 Å². The maximum atomic E-state index is 4.14. The Morgan fingerprint density at radius 1 is 1.82 bits per heavy atom. The van der Waals surface area contributed by atoms with Crippen LogP contribution in [0.25, 0.3) is 0 Å². The van der Waals surface area contributed by atoms with Gasteiger partial charge in [-0.25, -0.2) is 4.98 Å². The number of thiazole rings is 1. The number of hydrogen-bond acceptors (Lipinski definition) is 4.